The molecule has 6 nitrogen and oxygen atoms in total. The monoisotopic (exact) mass is 329 g/mol. The Morgan fingerprint density at radius 1 is 1.39 bits per heavy atom. The van der Waals surface area contributed by atoms with E-state index >= 15 is 0 Å². The fraction of sp³-hybridized carbons (Fsp3) is 0.357. The Hall–Kier alpha value is -2.58. The summed E-state index contributed by atoms with van der Waals surface area (Å²) in [5.74, 6) is 0.845. The molecule has 1 fully saturated rings. The highest BCUT2D eigenvalue weighted by Gasteiger charge is 2.56. The third-order valence-corrected chi connectivity index (χ3v) is 3.57. The highest BCUT2D eigenvalue weighted by molar-refractivity contribution is 5.95. The third-order valence-electron chi connectivity index (χ3n) is 3.57. The minimum atomic E-state index is -5.21. The lowest BCUT2D eigenvalue weighted by Crippen LogP contribution is -2.50. The van der Waals surface area contributed by atoms with Crippen molar-refractivity contribution < 1.29 is 27.5 Å². The minimum Gasteiger partial charge on any atom is -0.441 e. The molecule has 1 aromatic carbocycles. The van der Waals surface area contributed by atoms with Crippen molar-refractivity contribution in [3.63, 3.8) is 0 Å². The number of carbonyl (C=O) groups excluding carboxylic acids is 2. The number of benzene rings is 1. The number of carbonyl (C=O) groups is 2. The first-order chi connectivity index (χ1) is 10.8. The van der Waals surface area contributed by atoms with Crippen LogP contribution >= 0.6 is 0 Å². The Morgan fingerprint density at radius 2 is 2.04 bits per heavy atom. The Bertz CT molecular complexity index is 619. The van der Waals surface area contributed by atoms with Crippen molar-refractivity contribution in [1.29, 1.82) is 0 Å². The molecule has 0 spiro atoms. The zero-order chi connectivity index (χ0) is 17.1. The van der Waals surface area contributed by atoms with Crippen molar-refractivity contribution in [1.82, 2.24) is 5.32 Å². The van der Waals surface area contributed by atoms with E-state index in [0.29, 0.717) is 5.56 Å². The number of hydrogen-bond donors (Lipinski definition) is 2. The topological polar surface area (TPSA) is 93.8 Å². The van der Waals surface area contributed by atoms with Gasteiger partial charge in [0, 0.05) is 19.2 Å². The number of halogens is 3. The maximum atomic E-state index is 12.6. The molecule has 0 aromatic heterocycles. The zero-order valence-corrected chi connectivity index (χ0v) is 11.8. The number of ether oxygens (including phenoxy) is 1. The average molecular weight is 329 g/mol. The summed E-state index contributed by atoms with van der Waals surface area (Å²) in [5, 5.41) is 5.72. The Morgan fingerprint density at radius 3 is 2.52 bits per heavy atom. The quantitative estimate of drug-likeness (QED) is 0.374. The summed E-state index contributed by atoms with van der Waals surface area (Å²) < 4.78 is 42.4. The van der Waals surface area contributed by atoms with Gasteiger partial charge in [-0.1, -0.05) is 30.3 Å². The molecular formula is C14H14F3N3O3. The summed E-state index contributed by atoms with van der Waals surface area (Å²) in [4.78, 5) is 23.5. The van der Waals surface area contributed by atoms with Crippen molar-refractivity contribution in [3.05, 3.63) is 35.9 Å². The van der Waals surface area contributed by atoms with Gasteiger partial charge in [-0.25, -0.2) is 4.79 Å². The molecular weight excluding hydrogens is 315 g/mol. The van der Waals surface area contributed by atoms with Crippen LogP contribution < -0.4 is 11.2 Å². The van der Waals surface area contributed by atoms with E-state index in [4.69, 9.17) is 5.84 Å². The average Bonchev–Trinajstić information content (AvgIpc) is 2.86. The van der Waals surface area contributed by atoms with Crippen LogP contribution in [0.3, 0.4) is 0 Å². The zero-order valence-electron chi connectivity index (χ0n) is 11.8. The number of hydrazone groups is 1. The normalized spacial score (nSPS) is 22.8. The summed E-state index contributed by atoms with van der Waals surface area (Å²) in [6.07, 6.45) is -4.24. The summed E-state index contributed by atoms with van der Waals surface area (Å²) in [7, 11) is 0. The number of hydrogen-bond acceptors (Lipinski definition) is 5. The van der Waals surface area contributed by atoms with Gasteiger partial charge in [-0.05, 0) is 5.56 Å². The molecule has 1 amide bonds. The van der Waals surface area contributed by atoms with Gasteiger partial charge >= 0.3 is 12.1 Å². The number of rotatable bonds is 4. The first kappa shape index (κ1) is 16.8. The van der Waals surface area contributed by atoms with Crippen LogP contribution in [0.2, 0.25) is 0 Å². The van der Waals surface area contributed by atoms with Gasteiger partial charge in [0.15, 0.2) is 0 Å². The molecule has 2 atom stereocenters. The molecule has 1 saturated heterocycles. The van der Waals surface area contributed by atoms with E-state index in [9.17, 15) is 22.8 Å². The van der Waals surface area contributed by atoms with Gasteiger partial charge in [-0.15, -0.1) is 0 Å². The molecule has 1 aromatic rings. The largest absolute Gasteiger partial charge is 0.490 e. The van der Waals surface area contributed by atoms with E-state index in [-0.39, 0.29) is 13.0 Å². The molecule has 0 saturated carbocycles. The van der Waals surface area contributed by atoms with Crippen LogP contribution in [0, 0.1) is 0 Å². The van der Waals surface area contributed by atoms with Crippen molar-refractivity contribution in [2.24, 2.45) is 10.9 Å². The van der Waals surface area contributed by atoms with Gasteiger partial charge < -0.3 is 15.9 Å². The number of alkyl halides is 3. The van der Waals surface area contributed by atoms with E-state index in [1.165, 1.54) is 0 Å². The van der Waals surface area contributed by atoms with E-state index < -0.39 is 29.6 Å². The molecule has 0 radical (unpaired) electrons. The first-order valence-electron chi connectivity index (χ1n) is 6.68. The van der Waals surface area contributed by atoms with Gasteiger partial charge in [0.1, 0.15) is 0 Å². The predicted octanol–water partition coefficient (Wildman–Crippen LogP) is 1.08. The highest BCUT2D eigenvalue weighted by atomic mass is 19.4. The standard InChI is InChI=1S/C14H14F3N3O3/c15-14(16,17)12(22)23-13(6-7-19-11(13)21)10(8-20-18)9-4-2-1-3-5-9/h1-5,8,10H,6-7,18H2,(H,19,21)/t10?,13-/m0/s1. The lowest BCUT2D eigenvalue weighted by molar-refractivity contribution is -0.213. The van der Waals surface area contributed by atoms with E-state index in [1.807, 2.05) is 0 Å². The second-order valence-corrected chi connectivity index (χ2v) is 4.97. The second-order valence-electron chi connectivity index (χ2n) is 4.97. The number of nitrogens with one attached hydrogen (secondary N) is 1. The number of nitrogens with zero attached hydrogens (tertiary/aromatic N) is 1. The Labute approximate surface area is 129 Å². The van der Waals surface area contributed by atoms with Crippen molar-refractivity contribution in [3.8, 4) is 0 Å². The van der Waals surface area contributed by atoms with E-state index in [2.05, 4.69) is 15.2 Å². The molecule has 2 rings (SSSR count). The maximum Gasteiger partial charge on any atom is 0.490 e. The molecule has 0 aliphatic carbocycles. The summed E-state index contributed by atoms with van der Waals surface area (Å²) in [6.45, 7) is 0.0751. The number of nitrogens with two attached hydrogens (primary N) is 1. The smallest absolute Gasteiger partial charge is 0.441 e. The first-order valence-corrected chi connectivity index (χ1v) is 6.68. The van der Waals surface area contributed by atoms with Crippen LogP contribution in [-0.2, 0) is 14.3 Å². The summed E-state index contributed by atoms with van der Waals surface area (Å²) in [5.41, 5.74) is -1.59. The number of amides is 1. The van der Waals surface area contributed by atoms with Gasteiger partial charge in [0.25, 0.3) is 5.91 Å². The van der Waals surface area contributed by atoms with Gasteiger partial charge in [0.2, 0.25) is 5.60 Å². The van der Waals surface area contributed by atoms with E-state index in [0.717, 1.165) is 6.21 Å². The molecule has 124 valence electrons. The molecule has 0 bridgehead atoms. The fourth-order valence-electron chi connectivity index (χ4n) is 2.53. The lowest BCUT2D eigenvalue weighted by Gasteiger charge is -2.32. The summed E-state index contributed by atoms with van der Waals surface area (Å²) in [6, 6.07) is 8.14. The van der Waals surface area contributed by atoms with Gasteiger partial charge in [0.05, 0.1) is 5.92 Å². The molecule has 3 N–H and O–H groups in total. The lowest BCUT2D eigenvalue weighted by atomic mass is 9.81. The highest BCUT2D eigenvalue weighted by Crippen LogP contribution is 2.38. The van der Waals surface area contributed by atoms with E-state index in [1.54, 1.807) is 30.3 Å². The van der Waals surface area contributed by atoms with Gasteiger partial charge in [-0.3, -0.25) is 4.79 Å². The maximum absolute atomic E-state index is 12.6. The molecule has 9 heteroatoms. The fourth-order valence-corrected chi connectivity index (χ4v) is 2.53. The van der Waals surface area contributed by atoms with Crippen molar-refractivity contribution >= 4 is 18.1 Å². The Balaban J connectivity index is 2.48. The third kappa shape index (κ3) is 3.27. The summed E-state index contributed by atoms with van der Waals surface area (Å²) >= 11 is 0. The number of esters is 1. The van der Waals surface area contributed by atoms with Crippen molar-refractivity contribution in [2.45, 2.75) is 24.1 Å². The van der Waals surface area contributed by atoms with Gasteiger partial charge in [-0.2, -0.15) is 18.3 Å². The molecule has 1 aliphatic heterocycles. The van der Waals surface area contributed by atoms with Crippen LogP contribution in [0.25, 0.3) is 0 Å². The molecule has 1 heterocycles. The minimum absolute atomic E-state index is 0.0751. The van der Waals surface area contributed by atoms with Crippen LogP contribution in [0.5, 0.6) is 0 Å². The van der Waals surface area contributed by atoms with Crippen LogP contribution in [0.15, 0.2) is 35.4 Å². The molecule has 1 aliphatic rings. The van der Waals surface area contributed by atoms with Crippen molar-refractivity contribution in [2.75, 3.05) is 6.54 Å². The predicted molar refractivity (Wildman–Crippen MR) is 74.4 cm³/mol. The Kier molecular flexibility index (Phi) is 4.57. The van der Waals surface area contributed by atoms with Crippen LogP contribution in [0.1, 0.15) is 17.9 Å². The van der Waals surface area contributed by atoms with Crippen LogP contribution in [0.4, 0.5) is 13.2 Å². The van der Waals surface area contributed by atoms with Crippen LogP contribution in [-0.4, -0.2) is 36.4 Å². The second kappa shape index (κ2) is 6.27. The molecule has 1 unspecified atom stereocenters. The SMILES string of the molecule is NN=CC(c1ccccc1)[C@@]1(OC(=O)C(F)(F)F)CCNC1=O. The molecule has 23 heavy (non-hydrogen) atoms.